The molecule has 13 heteroatoms. The quantitative estimate of drug-likeness (QED) is 0.459. The van der Waals surface area contributed by atoms with Crippen LogP contribution in [0.2, 0.25) is 5.02 Å². The number of nitrogens with one attached hydrogen (secondary N) is 2. The van der Waals surface area contributed by atoms with Gasteiger partial charge in [-0.2, -0.15) is 26.3 Å². The first-order chi connectivity index (χ1) is 15.1. The highest BCUT2D eigenvalue weighted by Crippen LogP contribution is 2.41. The molecule has 182 valence electrons. The van der Waals surface area contributed by atoms with Crippen molar-refractivity contribution in [2.45, 2.75) is 24.5 Å². The van der Waals surface area contributed by atoms with Gasteiger partial charge in [0.15, 0.2) is 0 Å². The molecule has 0 heterocycles. The number of halogens is 7. The van der Waals surface area contributed by atoms with Crippen LogP contribution in [0, 0.1) is 0 Å². The van der Waals surface area contributed by atoms with Crippen molar-refractivity contribution in [1.29, 1.82) is 0 Å². The molecule has 33 heavy (non-hydrogen) atoms. The summed E-state index contributed by atoms with van der Waals surface area (Å²) in [5.41, 5.74) is -5.45. The second-order valence-corrected chi connectivity index (χ2v) is 8.93. The molecule has 0 aliphatic heterocycles. The summed E-state index contributed by atoms with van der Waals surface area (Å²) in [5.74, 6) is -0.687. The number of anilines is 1. The van der Waals surface area contributed by atoms with Crippen molar-refractivity contribution < 1.29 is 40.5 Å². The Hall–Kier alpha value is -2.31. The van der Waals surface area contributed by atoms with Gasteiger partial charge in [-0.1, -0.05) is 29.8 Å². The summed E-state index contributed by atoms with van der Waals surface area (Å²) in [4.78, 5) is 11.6. The van der Waals surface area contributed by atoms with E-state index in [1.807, 2.05) is 0 Å². The number of alkyl halides is 6. The van der Waals surface area contributed by atoms with E-state index in [9.17, 15) is 40.5 Å². The highest BCUT2D eigenvalue weighted by Gasteiger charge is 2.55. The molecule has 0 fully saturated rings. The number of hydrogen-bond acceptors (Lipinski definition) is 4. The standard InChI is InChI=1S/C20H19ClF6N2O3S/c1-33(32)10-17(30)28-9-12-5-6-15(8-16(12)21)29-11-18(31,20(25,26)27)13-3-2-4-14(7-13)19(22,23)24/h2-8,29,31H,9-11H2,1H3,(H,28,30)/t18-,33-/m1/s1. The molecule has 0 aliphatic carbocycles. The average Bonchev–Trinajstić information content (AvgIpc) is 2.69. The highest BCUT2D eigenvalue weighted by atomic mass is 35.5. The third kappa shape index (κ3) is 7.08. The third-order valence-corrected chi connectivity index (χ3v) is 5.57. The topological polar surface area (TPSA) is 78.4 Å². The van der Waals surface area contributed by atoms with Crippen molar-refractivity contribution in [2.75, 3.05) is 23.9 Å². The molecule has 5 nitrogen and oxygen atoms in total. The Morgan fingerprint density at radius 1 is 1.06 bits per heavy atom. The van der Waals surface area contributed by atoms with Crippen molar-refractivity contribution in [3.63, 3.8) is 0 Å². The summed E-state index contributed by atoms with van der Waals surface area (Å²) < 4.78 is 90.8. The Labute approximate surface area is 192 Å². The van der Waals surface area contributed by atoms with Crippen LogP contribution >= 0.6 is 11.6 Å². The molecule has 2 aromatic carbocycles. The van der Waals surface area contributed by atoms with E-state index in [2.05, 4.69) is 10.6 Å². The Bertz CT molecular complexity index is 1030. The molecule has 0 saturated heterocycles. The van der Waals surface area contributed by atoms with E-state index in [4.69, 9.17) is 11.6 Å². The monoisotopic (exact) mass is 516 g/mol. The van der Waals surface area contributed by atoms with Gasteiger partial charge in [0.2, 0.25) is 11.5 Å². The molecule has 2 atom stereocenters. The van der Waals surface area contributed by atoms with E-state index in [0.29, 0.717) is 11.6 Å². The van der Waals surface area contributed by atoms with Crippen molar-refractivity contribution in [1.82, 2.24) is 5.32 Å². The minimum Gasteiger partial charge on any atom is -0.381 e. The molecule has 0 aliphatic rings. The molecular weight excluding hydrogens is 498 g/mol. The van der Waals surface area contributed by atoms with E-state index in [-0.39, 0.29) is 29.1 Å². The first-order valence-corrected chi connectivity index (χ1v) is 11.3. The fourth-order valence-electron chi connectivity index (χ4n) is 2.78. The predicted molar refractivity (Wildman–Crippen MR) is 112 cm³/mol. The summed E-state index contributed by atoms with van der Waals surface area (Å²) in [6.07, 6.45) is -8.83. The van der Waals surface area contributed by atoms with Gasteiger partial charge in [0.05, 0.1) is 12.1 Å². The molecule has 0 bridgehead atoms. The van der Waals surface area contributed by atoms with Gasteiger partial charge in [0, 0.05) is 34.3 Å². The minimum absolute atomic E-state index is 0.0220. The van der Waals surface area contributed by atoms with Crippen LogP contribution in [-0.4, -0.2) is 40.0 Å². The van der Waals surface area contributed by atoms with Crippen molar-refractivity contribution >= 4 is 34.0 Å². The number of carbonyl (C=O) groups is 1. The smallest absolute Gasteiger partial charge is 0.381 e. The molecule has 2 rings (SSSR count). The van der Waals surface area contributed by atoms with E-state index >= 15 is 0 Å². The van der Waals surface area contributed by atoms with Gasteiger partial charge < -0.3 is 15.7 Å². The highest BCUT2D eigenvalue weighted by molar-refractivity contribution is 7.85. The molecular formula is C20H19ClF6N2O3S. The number of rotatable bonds is 8. The summed E-state index contributed by atoms with van der Waals surface area (Å²) in [6, 6.07) is 6.36. The number of benzene rings is 2. The first kappa shape index (κ1) is 26.9. The summed E-state index contributed by atoms with van der Waals surface area (Å²) >= 11 is 6.09. The van der Waals surface area contributed by atoms with Crippen LogP contribution in [0.3, 0.4) is 0 Å². The van der Waals surface area contributed by atoms with Crippen LogP contribution in [0.4, 0.5) is 32.0 Å². The molecule has 0 saturated carbocycles. The normalized spacial score (nSPS) is 14.9. The van der Waals surface area contributed by atoms with E-state index < -0.39 is 52.3 Å². The van der Waals surface area contributed by atoms with E-state index in [1.165, 1.54) is 24.5 Å². The van der Waals surface area contributed by atoms with Gasteiger partial charge in [-0.05, 0) is 35.4 Å². The Kier molecular flexibility index (Phi) is 8.41. The lowest BCUT2D eigenvalue weighted by molar-refractivity contribution is -0.260. The Morgan fingerprint density at radius 3 is 2.24 bits per heavy atom. The number of aliphatic hydroxyl groups is 1. The van der Waals surface area contributed by atoms with Crippen LogP contribution in [0.15, 0.2) is 42.5 Å². The number of hydrogen-bond donors (Lipinski definition) is 3. The molecule has 0 spiro atoms. The zero-order valence-electron chi connectivity index (χ0n) is 17.0. The lowest BCUT2D eigenvalue weighted by Gasteiger charge is -2.32. The third-order valence-electron chi connectivity index (χ3n) is 4.55. The Morgan fingerprint density at radius 2 is 1.70 bits per heavy atom. The molecule has 2 aromatic rings. The summed E-state index contributed by atoms with van der Waals surface area (Å²) in [6.45, 7) is -1.21. The van der Waals surface area contributed by atoms with Gasteiger partial charge in [0.25, 0.3) is 0 Å². The van der Waals surface area contributed by atoms with Crippen LogP contribution in [-0.2, 0) is 33.9 Å². The van der Waals surface area contributed by atoms with Crippen LogP contribution in [0.5, 0.6) is 0 Å². The maximum atomic E-state index is 13.7. The van der Waals surface area contributed by atoms with Crippen molar-refractivity contribution in [3.05, 3.63) is 64.2 Å². The molecule has 3 N–H and O–H groups in total. The maximum Gasteiger partial charge on any atom is 0.423 e. The second-order valence-electron chi connectivity index (χ2n) is 7.09. The van der Waals surface area contributed by atoms with E-state index in [1.54, 1.807) is 0 Å². The Balaban J connectivity index is 2.20. The predicted octanol–water partition coefficient (Wildman–Crippen LogP) is 4.22. The van der Waals surface area contributed by atoms with Crippen LogP contribution < -0.4 is 10.6 Å². The maximum absolute atomic E-state index is 13.7. The zero-order chi connectivity index (χ0) is 25.0. The summed E-state index contributed by atoms with van der Waals surface area (Å²) in [7, 11) is -1.34. The van der Waals surface area contributed by atoms with Gasteiger partial charge >= 0.3 is 12.4 Å². The molecule has 0 aromatic heterocycles. The van der Waals surface area contributed by atoms with Gasteiger partial charge in [0.1, 0.15) is 5.75 Å². The fraction of sp³-hybridized carbons (Fsp3) is 0.350. The zero-order valence-corrected chi connectivity index (χ0v) is 18.6. The second kappa shape index (κ2) is 10.3. The van der Waals surface area contributed by atoms with Gasteiger partial charge in [-0.3, -0.25) is 9.00 Å². The van der Waals surface area contributed by atoms with Crippen LogP contribution in [0.25, 0.3) is 0 Å². The number of carbonyl (C=O) groups excluding carboxylic acids is 1. The lowest BCUT2D eigenvalue weighted by atomic mass is 9.91. The van der Waals surface area contributed by atoms with Gasteiger partial charge in [-0.25, -0.2) is 0 Å². The largest absolute Gasteiger partial charge is 0.423 e. The summed E-state index contributed by atoms with van der Waals surface area (Å²) in [5, 5.41) is 15.3. The van der Waals surface area contributed by atoms with Crippen molar-refractivity contribution in [3.8, 4) is 0 Å². The first-order valence-electron chi connectivity index (χ1n) is 9.19. The molecule has 0 radical (unpaired) electrons. The van der Waals surface area contributed by atoms with E-state index in [0.717, 1.165) is 12.1 Å². The minimum atomic E-state index is -5.29. The lowest BCUT2D eigenvalue weighted by Crippen LogP contribution is -2.48. The molecule has 1 amide bonds. The average molecular weight is 517 g/mol. The number of amides is 1. The van der Waals surface area contributed by atoms with Crippen molar-refractivity contribution in [2.24, 2.45) is 0 Å². The van der Waals surface area contributed by atoms with Gasteiger partial charge in [-0.15, -0.1) is 0 Å². The fourth-order valence-corrected chi connectivity index (χ4v) is 3.50. The molecule has 0 unspecified atom stereocenters. The SMILES string of the molecule is C[S@@](=O)CC(=O)NCc1ccc(NC[C@@](O)(c2cccc(C(F)(F)F)c2)C(F)(F)F)cc1Cl. The van der Waals surface area contributed by atoms with Crippen LogP contribution in [0.1, 0.15) is 16.7 Å².